The Morgan fingerprint density at radius 3 is 2.75 bits per heavy atom. The molecule has 0 unspecified atom stereocenters. The minimum absolute atomic E-state index is 0.305. The lowest BCUT2D eigenvalue weighted by molar-refractivity contribution is 0.241. The normalized spacial score (nSPS) is 15.0. The second-order valence-corrected chi connectivity index (χ2v) is 6.38. The predicted molar refractivity (Wildman–Crippen MR) is 89.7 cm³/mol. The Hall–Kier alpha value is -2.74. The molecule has 2 amide bonds. The van der Waals surface area contributed by atoms with Crippen LogP contribution in [-0.4, -0.2) is 20.5 Å². The second kappa shape index (κ2) is 5.72. The fourth-order valence-electron chi connectivity index (χ4n) is 2.51. The van der Waals surface area contributed by atoms with Gasteiger partial charge in [-0.3, -0.25) is 0 Å². The van der Waals surface area contributed by atoms with Crippen molar-refractivity contribution < 1.29 is 9.32 Å². The first-order valence-corrected chi connectivity index (χ1v) is 8.40. The molecular formula is C16H15N5O2S. The van der Waals surface area contributed by atoms with Crippen LogP contribution in [0.3, 0.4) is 0 Å². The lowest BCUT2D eigenvalue weighted by Gasteiger charge is -2.14. The Labute approximate surface area is 142 Å². The van der Waals surface area contributed by atoms with Crippen LogP contribution in [0.25, 0.3) is 11.3 Å². The van der Waals surface area contributed by atoms with Crippen molar-refractivity contribution in [3.05, 3.63) is 47.4 Å². The number of hydrogen-bond donors (Lipinski definition) is 2. The number of anilines is 1. The number of hydrogen-bond acceptors (Lipinski definition) is 6. The van der Waals surface area contributed by atoms with Gasteiger partial charge < -0.3 is 15.2 Å². The number of rotatable bonds is 4. The fraction of sp³-hybridized carbons (Fsp3) is 0.250. The molecule has 7 nitrogen and oxygen atoms in total. The number of nitrogens with zero attached hydrogens (tertiary/aromatic N) is 3. The van der Waals surface area contributed by atoms with E-state index >= 15 is 0 Å². The van der Waals surface area contributed by atoms with Crippen LogP contribution in [0.5, 0.6) is 0 Å². The van der Waals surface area contributed by atoms with Gasteiger partial charge in [-0.15, -0.1) is 0 Å². The fourth-order valence-corrected chi connectivity index (χ4v) is 3.15. The highest BCUT2D eigenvalue weighted by Gasteiger charge is 2.51. The zero-order chi connectivity index (χ0) is 16.6. The summed E-state index contributed by atoms with van der Waals surface area (Å²) in [4.78, 5) is 16.6. The van der Waals surface area contributed by atoms with Crippen LogP contribution in [0, 0.1) is 6.92 Å². The minimum atomic E-state index is -0.540. The Morgan fingerprint density at radius 1 is 1.29 bits per heavy atom. The molecule has 0 atom stereocenters. The molecule has 2 heterocycles. The Kier molecular flexibility index (Phi) is 3.53. The number of benzene rings is 1. The molecule has 8 heteroatoms. The van der Waals surface area contributed by atoms with Gasteiger partial charge in [0.1, 0.15) is 11.2 Å². The van der Waals surface area contributed by atoms with Crippen molar-refractivity contribution in [2.75, 3.05) is 5.32 Å². The van der Waals surface area contributed by atoms with Gasteiger partial charge in [0.15, 0.2) is 5.82 Å². The number of urea groups is 1. The molecule has 0 radical (unpaired) electrons. The molecule has 4 rings (SSSR count). The molecule has 1 aliphatic rings. The van der Waals surface area contributed by atoms with Crippen LogP contribution in [0.1, 0.15) is 24.6 Å². The first kappa shape index (κ1) is 14.8. The molecule has 1 saturated carbocycles. The summed E-state index contributed by atoms with van der Waals surface area (Å²) < 4.78 is 9.58. The smallest absolute Gasteiger partial charge is 0.320 e. The number of amides is 2. The van der Waals surface area contributed by atoms with Gasteiger partial charge in [0.25, 0.3) is 5.89 Å². The summed E-state index contributed by atoms with van der Waals surface area (Å²) in [5, 5.41) is 11.4. The van der Waals surface area contributed by atoms with Crippen LogP contribution >= 0.6 is 11.5 Å². The van der Waals surface area contributed by atoms with E-state index in [1.165, 1.54) is 11.5 Å². The molecule has 2 N–H and O–H groups in total. The highest BCUT2D eigenvalue weighted by atomic mass is 32.1. The average molecular weight is 341 g/mol. The third-order valence-electron chi connectivity index (χ3n) is 3.90. The van der Waals surface area contributed by atoms with E-state index in [0.29, 0.717) is 17.4 Å². The minimum Gasteiger partial charge on any atom is -0.337 e. The Bertz CT molecular complexity index is 869. The maximum atomic E-state index is 12.4. The van der Waals surface area contributed by atoms with E-state index in [4.69, 9.17) is 4.52 Å². The number of aryl methyl sites for hydroxylation is 1. The predicted octanol–water partition coefficient (Wildman–Crippen LogP) is 3.31. The number of aromatic nitrogens is 3. The maximum Gasteiger partial charge on any atom is 0.320 e. The standard InChI is InChI=1S/C16H15N5O2S/c1-10-17-14(23-20-10)16(7-8-16)19-15(22)18-12-9-24-21-13(12)11-5-3-2-4-6-11/h2-6,9H,7-8H2,1H3,(H2,18,19,22). The molecule has 3 aromatic rings. The second-order valence-electron chi connectivity index (χ2n) is 5.75. The van der Waals surface area contributed by atoms with E-state index in [2.05, 4.69) is 25.1 Å². The first-order chi connectivity index (χ1) is 11.7. The molecule has 1 aromatic carbocycles. The van der Waals surface area contributed by atoms with Crippen LogP contribution < -0.4 is 10.6 Å². The van der Waals surface area contributed by atoms with Crippen LogP contribution in [0.2, 0.25) is 0 Å². The van der Waals surface area contributed by atoms with E-state index in [1.54, 1.807) is 6.92 Å². The quantitative estimate of drug-likeness (QED) is 0.759. The number of carbonyl (C=O) groups excluding carboxylic acids is 1. The monoisotopic (exact) mass is 341 g/mol. The van der Waals surface area contributed by atoms with E-state index in [0.717, 1.165) is 24.1 Å². The van der Waals surface area contributed by atoms with Crippen molar-refractivity contribution >= 4 is 23.3 Å². The molecule has 122 valence electrons. The summed E-state index contributed by atoms with van der Waals surface area (Å²) >= 11 is 1.30. The zero-order valence-corrected chi connectivity index (χ0v) is 13.8. The Balaban J connectivity index is 1.49. The average Bonchev–Trinajstić information content (AvgIpc) is 3.00. The summed E-state index contributed by atoms with van der Waals surface area (Å²) in [5.74, 6) is 1.02. The molecule has 1 fully saturated rings. The summed E-state index contributed by atoms with van der Waals surface area (Å²) in [7, 11) is 0. The molecule has 0 saturated heterocycles. The molecule has 0 aliphatic heterocycles. The summed E-state index contributed by atoms with van der Waals surface area (Å²) in [6.45, 7) is 1.76. The van der Waals surface area contributed by atoms with Gasteiger partial charge in [0, 0.05) is 10.9 Å². The summed E-state index contributed by atoms with van der Waals surface area (Å²) in [6.07, 6.45) is 1.57. The van der Waals surface area contributed by atoms with Crippen molar-refractivity contribution in [2.45, 2.75) is 25.3 Å². The first-order valence-electron chi connectivity index (χ1n) is 7.56. The molecular weight excluding hydrogens is 326 g/mol. The van der Waals surface area contributed by atoms with Crippen LogP contribution in [-0.2, 0) is 5.54 Å². The molecule has 1 aliphatic carbocycles. The van der Waals surface area contributed by atoms with E-state index in [9.17, 15) is 4.79 Å². The van der Waals surface area contributed by atoms with Gasteiger partial charge in [0.05, 0.1) is 5.69 Å². The van der Waals surface area contributed by atoms with E-state index in [-0.39, 0.29) is 6.03 Å². The van der Waals surface area contributed by atoms with Gasteiger partial charge in [-0.2, -0.15) is 9.36 Å². The highest BCUT2D eigenvalue weighted by molar-refractivity contribution is 7.04. The molecule has 2 aromatic heterocycles. The zero-order valence-electron chi connectivity index (χ0n) is 12.9. The topological polar surface area (TPSA) is 92.9 Å². The van der Waals surface area contributed by atoms with Gasteiger partial charge in [-0.1, -0.05) is 35.5 Å². The Morgan fingerprint density at radius 2 is 2.08 bits per heavy atom. The third-order valence-corrected chi connectivity index (χ3v) is 4.53. The van der Waals surface area contributed by atoms with Gasteiger partial charge >= 0.3 is 6.03 Å². The molecule has 0 spiro atoms. The van der Waals surface area contributed by atoms with Crippen molar-refractivity contribution in [2.24, 2.45) is 0 Å². The number of carbonyl (C=O) groups is 1. The van der Waals surface area contributed by atoms with Gasteiger partial charge in [-0.05, 0) is 31.3 Å². The SMILES string of the molecule is Cc1noc(C2(NC(=O)Nc3csnc3-c3ccccc3)CC2)n1. The van der Waals surface area contributed by atoms with Gasteiger partial charge in [-0.25, -0.2) is 4.79 Å². The van der Waals surface area contributed by atoms with Crippen molar-refractivity contribution in [3.8, 4) is 11.3 Å². The maximum absolute atomic E-state index is 12.4. The lowest BCUT2D eigenvalue weighted by Crippen LogP contribution is -2.38. The van der Waals surface area contributed by atoms with E-state index < -0.39 is 5.54 Å². The largest absolute Gasteiger partial charge is 0.337 e. The van der Waals surface area contributed by atoms with Crippen molar-refractivity contribution in [3.63, 3.8) is 0 Å². The van der Waals surface area contributed by atoms with E-state index in [1.807, 2.05) is 35.7 Å². The number of nitrogens with one attached hydrogen (secondary N) is 2. The van der Waals surface area contributed by atoms with Crippen LogP contribution in [0.15, 0.2) is 40.2 Å². The lowest BCUT2D eigenvalue weighted by atomic mass is 10.1. The molecule has 24 heavy (non-hydrogen) atoms. The van der Waals surface area contributed by atoms with Crippen molar-refractivity contribution in [1.82, 2.24) is 19.8 Å². The highest BCUT2D eigenvalue weighted by Crippen LogP contribution is 2.44. The van der Waals surface area contributed by atoms with Gasteiger partial charge in [0.2, 0.25) is 0 Å². The molecule has 0 bridgehead atoms. The third kappa shape index (κ3) is 2.76. The summed E-state index contributed by atoms with van der Waals surface area (Å²) in [5.41, 5.74) is 1.86. The van der Waals surface area contributed by atoms with Crippen LogP contribution in [0.4, 0.5) is 10.5 Å². The van der Waals surface area contributed by atoms with Crippen molar-refractivity contribution in [1.29, 1.82) is 0 Å². The summed E-state index contributed by atoms with van der Waals surface area (Å²) in [6, 6.07) is 9.44.